The van der Waals surface area contributed by atoms with Crippen LogP contribution < -0.4 is 4.74 Å². The summed E-state index contributed by atoms with van der Waals surface area (Å²) in [6.45, 7) is 7.59. The molecular weight excluding hydrogens is 284 g/mol. The zero-order chi connectivity index (χ0) is 16.4. The van der Waals surface area contributed by atoms with Gasteiger partial charge in [0.25, 0.3) is 0 Å². The summed E-state index contributed by atoms with van der Waals surface area (Å²) in [5.41, 5.74) is 6.00. The second-order valence-electron chi connectivity index (χ2n) is 6.92. The fourth-order valence-electron chi connectivity index (χ4n) is 3.03. The quantitative estimate of drug-likeness (QED) is 0.825. The van der Waals surface area contributed by atoms with E-state index in [1.807, 2.05) is 24.3 Å². The van der Waals surface area contributed by atoms with Crippen LogP contribution in [0.25, 0.3) is 11.6 Å². The molecule has 23 heavy (non-hydrogen) atoms. The van der Waals surface area contributed by atoms with Gasteiger partial charge in [-0.05, 0) is 53.2 Å². The highest BCUT2D eigenvalue weighted by molar-refractivity contribution is 5.80. The highest BCUT2D eigenvalue weighted by atomic mass is 16.5. The van der Waals surface area contributed by atoms with Crippen LogP contribution in [0.1, 0.15) is 49.4 Å². The molecule has 120 valence electrons. The maximum absolute atomic E-state index is 9.12. The van der Waals surface area contributed by atoms with Crippen LogP contribution in [0.5, 0.6) is 5.75 Å². The molecule has 1 N–H and O–H groups in total. The lowest BCUT2D eigenvalue weighted by Gasteiger charge is -2.32. The van der Waals surface area contributed by atoms with Gasteiger partial charge in [0.2, 0.25) is 0 Å². The smallest absolute Gasteiger partial charge is 0.123 e. The van der Waals surface area contributed by atoms with Gasteiger partial charge in [0.1, 0.15) is 5.75 Å². The molecule has 0 amide bonds. The van der Waals surface area contributed by atoms with Crippen molar-refractivity contribution < 1.29 is 9.84 Å². The van der Waals surface area contributed by atoms with Crippen molar-refractivity contribution in [2.24, 2.45) is 0 Å². The van der Waals surface area contributed by atoms with Crippen molar-refractivity contribution in [1.82, 2.24) is 0 Å². The Morgan fingerprint density at radius 3 is 2.61 bits per heavy atom. The molecule has 3 rings (SSSR count). The standard InChI is InChI=1S/C21H24O2/c1-15(12-16-4-6-17(14-22)7-5-16)18-8-9-20-19(13-18)21(2,3)10-11-23-20/h4-9,12-13,22H,10-11,14H2,1-3H3. The minimum Gasteiger partial charge on any atom is -0.493 e. The summed E-state index contributed by atoms with van der Waals surface area (Å²) in [4.78, 5) is 0. The lowest BCUT2D eigenvalue weighted by Crippen LogP contribution is -2.26. The van der Waals surface area contributed by atoms with Gasteiger partial charge in [-0.15, -0.1) is 0 Å². The van der Waals surface area contributed by atoms with E-state index < -0.39 is 0 Å². The molecule has 0 aliphatic carbocycles. The lowest BCUT2D eigenvalue weighted by atomic mass is 9.79. The normalized spacial score (nSPS) is 16.6. The van der Waals surface area contributed by atoms with Crippen molar-refractivity contribution in [1.29, 1.82) is 0 Å². The Hall–Kier alpha value is -2.06. The van der Waals surface area contributed by atoms with Crippen LogP contribution in [0.4, 0.5) is 0 Å². The van der Waals surface area contributed by atoms with Crippen LogP contribution >= 0.6 is 0 Å². The number of fused-ring (bicyclic) bond motifs is 1. The second-order valence-corrected chi connectivity index (χ2v) is 6.92. The average Bonchev–Trinajstić information content (AvgIpc) is 2.55. The molecule has 0 aromatic heterocycles. The molecule has 0 atom stereocenters. The van der Waals surface area contributed by atoms with Crippen LogP contribution in [0.3, 0.4) is 0 Å². The van der Waals surface area contributed by atoms with Gasteiger partial charge in [0.15, 0.2) is 0 Å². The topological polar surface area (TPSA) is 29.5 Å². The number of rotatable bonds is 3. The Balaban J connectivity index is 1.93. The largest absolute Gasteiger partial charge is 0.493 e. The monoisotopic (exact) mass is 308 g/mol. The first-order valence-electron chi connectivity index (χ1n) is 8.15. The first kappa shape index (κ1) is 15.8. The first-order valence-corrected chi connectivity index (χ1v) is 8.15. The molecule has 0 fully saturated rings. The Bertz CT molecular complexity index is 724. The van der Waals surface area contributed by atoms with Crippen molar-refractivity contribution >= 4 is 11.6 Å². The fraction of sp³-hybridized carbons (Fsp3) is 0.333. The minimum absolute atomic E-state index is 0.0862. The molecule has 1 aliphatic heterocycles. The van der Waals surface area contributed by atoms with Crippen molar-refractivity contribution in [2.45, 2.75) is 39.2 Å². The van der Waals surface area contributed by atoms with E-state index in [0.717, 1.165) is 29.9 Å². The molecule has 2 heteroatoms. The van der Waals surface area contributed by atoms with Crippen molar-refractivity contribution in [3.05, 3.63) is 64.7 Å². The predicted octanol–water partition coefficient (Wildman–Crippen LogP) is 4.80. The van der Waals surface area contributed by atoms with Crippen LogP contribution in [0.15, 0.2) is 42.5 Å². The second kappa shape index (κ2) is 6.21. The Morgan fingerprint density at radius 1 is 1.17 bits per heavy atom. The van der Waals surface area contributed by atoms with Gasteiger partial charge in [0.05, 0.1) is 13.2 Å². The SMILES string of the molecule is CC(=Cc1ccc(CO)cc1)c1ccc2c(c1)C(C)(C)CCO2. The van der Waals surface area contributed by atoms with E-state index in [-0.39, 0.29) is 12.0 Å². The molecule has 0 bridgehead atoms. The highest BCUT2D eigenvalue weighted by Gasteiger charge is 2.28. The molecule has 1 heterocycles. The maximum atomic E-state index is 9.12. The van der Waals surface area contributed by atoms with Gasteiger partial charge in [-0.2, -0.15) is 0 Å². The summed E-state index contributed by atoms with van der Waals surface area (Å²) in [7, 11) is 0. The molecule has 0 spiro atoms. The summed E-state index contributed by atoms with van der Waals surface area (Å²) in [5, 5.41) is 9.12. The highest BCUT2D eigenvalue weighted by Crippen LogP contribution is 2.39. The van der Waals surface area contributed by atoms with Gasteiger partial charge >= 0.3 is 0 Å². The zero-order valence-electron chi connectivity index (χ0n) is 14.1. The maximum Gasteiger partial charge on any atom is 0.123 e. The number of ether oxygens (including phenoxy) is 1. The summed E-state index contributed by atoms with van der Waals surface area (Å²) in [5.74, 6) is 1.02. The van der Waals surface area contributed by atoms with Crippen molar-refractivity contribution in [3.63, 3.8) is 0 Å². The van der Waals surface area contributed by atoms with Gasteiger partial charge in [0, 0.05) is 5.56 Å². The van der Waals surface area contributed by atoms with Gasteiger partial charge in [-0.25, -0.2) is 0 Å². The molecule has 0 unspecified atom stereocenters. The number of aliphatic hydroxyl groups excluding tert-OH is 1. The van der Waals surface area contributed by atoms with Crippen LogP contribution in [0, 0.1) is 0 Å². The van der Waals surface area contributed by atoms with Gasteiger partial charge in [-0.3, -0.25) is 0 Å². The number of hydrogen-bond donors (Lipinski definition) is 1. The van der Waals surface area contributed by atoms with E-state index in [1.165, 1.54) is 16.7 Å². The molecular formula is C21H24O2. The Labute approximate surface area is 138 Å². The van der Waals surface area contributed by atoms with E-state index in [9.17, 15) is 0 Å². The third kappa shape index (κ3) is 3.32. The van der Waals surface area contributed by atoms with E-state index in [4.69, 9.17) is 9.84 Å². The molecule has 2 aromatic carbocycles. The van der Waals surface area contributed by atoms with E-state index >= 15 is 0 Å². The summed E-state index contributed by atoms with van der Waals surface area (Å²) < 4.78 is 5.79. The first-order chi connectivity index (χ1) is 11.0. The van der Waals surface area contributed by atoms with Crippen molar-refractivity contribution in [3.8, 4) is 5.75 Å². The van der Waals surface area contributed by atoms with Crippen molar-refractivity contribution in [2.75, 3.05) is 6.61 Å². The average molecular weight is 308 g/mol. The van der Waals surface area contributed by atoms with Gasteiger partial charge in [-0.1, -0.05) is 50.3 Å². The van der Waals surface area contributed by atoms with Crippen LogP contribution in [0.2, 0.25) is 0 Å². The molecule has 2 nitrogen and oxygen atoms in total. The fourth-order valence-corrected chi connectivity index (χ4v) is 3.03. The zero-order valence-corrected chi connectivity index (χ0v) is 14.1. The number of hydrogen-bond acceptors (Lipinski definition) is 2. The number of aliphatic hydroxyl groups is 1. The van der Waals surface area contributed by atoms with Gasteiger partial charge < -0.3 is 9.84 Å². The number of allylic oxidation sites excluding steroid dienone is 1. The summed E-state index contributed by atoms with van der Waals surface area (Å²) >= 11 is 0. The predicted molar refractivity (Wildman–Crippen MR) is 95.5 cm³/mol. The molecule has 0 saturated carbocycles. The Morgan fingerprint density at radius 2 is 1.91 bits per heavy atom. The van der Waals surface area contributed by atoms with Crippen LogP contribution in [-0.4, -0.2) is 11.7 Å². The molecule has 0 radical (unpaired) electrons. The molecule has 1 aliphatic rings. The lowest BCUT2D eigenvalue weighted by molar-refractivity contribution is 0.234. The van der Waals surface area contributed by atoms with E-state index in [0.29, 0.717) is 0 Å². The Kier molecular flexibility index (Phi) is 4.27. The number of benzene rings is 2. The third-order valence-corrected chi connectivity index (χ3v) is 4.69. The summed E-state index contributed by atoms with van der Waals surface area (Å²) in [6.07, 6.45) is 3.23. The third-order valence-electron chi connectivity index (χ3n) is 4.69. The van der Waals surface area contributed by atoms with E-state index in [2.05, 4.69) is 45.0 Å². The molecule has 2 aromatic rings. The van der Waals surface area contributed by atoms with Crippen LogP contribution in [-0.2, 0) is 12.0 Å². The minimum atomic E-state index is 0.0862. The molecule has 0 saturated heterocycles. The summed E-state index contributed by atoms with van der Waals surface area (Å²) in [6, 6.07) is 14.5. The van der Waals surface area contributed by atoms with E-state index in [1.54, 1.807) is 0 Å².